The van der Waals surface area contributed by atoms with Gasteiger partial charge in [-0.3, -0.25) is 4.90 Å². The summed E-state index contributed by atoms with van der Waals surface area (Å²) in [6, 6.07) is 0.714. The predicted molar refractivity (Wildman–Crippen MR) is 71.8 cm³/mol. The van der Waals surface area contributed by atoms with Crippen LogP contribution in [0.4, 0.5) is 0 Å². The van der Waals surface area contributed by atoms with Crippen molar-refractivity contribution in [1.82, 2.24) is 10.2 Å². The van der Waals surface area contributed by atoms with E-state index in [1.807, 2.05) is 0 Å². The number of hydrogen-bond acceptors (Lipinski definition) is 2. The first-order chi connectivity index (χ1) is 7.26. The third kappa shape index (κ3) is 3.74. The van der Waals surface area contributed by atoms with E-state index in [0.717, 1.165) is 13.1 Å². The summed E-state index contributed by atoms with van der Waals surface area (Å²) in [5, 5.41) is 3.51. The van der Waals surface area contributed by atoms with E-state index in [0.29, 0.717) is 17.0 Å². The molecular formula is C14H30N2. The van der Waals surface area contributed by atoms with Crippen LogP contribution in [0, 0.1) is 5.41 Å². The SMILES string of the molecule is CCC1CNCCN1C(C)(C)CC(C)(C)C. The van der Waals surface area contributed by atoms with Gasteiger partial charge in [0.1, 0.15) is 0 Å². The summed E-state index contributed by atoms with van der Waals surface area (Å²) in [4.78, 5) is 2.72. The zero-order chi connectivity index (χ0) is 12.4. The van der Waals surface area contributed by atoms with Crippen LogP contribution in [-0.2, 0) is 0 Å². The number of rotatable bonds is 3. The molecule has 1 saturated heterocycles. The van der Waals surface area contributed by atoms with Gasteiger partial charge >= 0.3 is 0 Å². The van der Waals surface area contributed by atoms with Gasteiger partial charge in [0.05, 0.1) is 0 Å². The van der Waals surface area contributed by atoms with Gasteiger partial charge in [-0.2, -0.15) is 0 Å². The molecule has 1 rings (SSSR count). The lowest BCUT2D eigenvalue weighted by atomic mass is 9.80. The first-order valence-corrected chi connectivity index (χ1v) is 6.74. The lowest BCUT2D eigenvalue weighted by Crippen LogP contribution is -2.59. The Morgan fingerprint density at radius 3 is 2.31 bits per heavy atom. The monoisotopic (exact) mass is 226 g/mol. The Kier molecular flexibility index (Phi) is 4.42. The van der Waals surface area contributed by atoms with Gasteiger partial charge in [-0.1, -0.05) is 27.7 Å². The number of nitrogens with one attached hydrogen (secondary N) is 1. The van der Waals surface area contributed by atoms with Crippen molar-refractivity contribution >= 4 is 0 Å². The van der Waals surface area contributed by atoms with Crippen molar-refractivity contribution < 1.29 is 0 Å². The first kappa shape index (κ1) is 14.0. The molecule has 1 fully saturated rings. The van der Waals surface area contributed by atoms with Gasteiger partial charge in [0.15, 0.2) is 0 Å². The Bertz CT molecular complexity index is 215. The molecule has 0 bridgehead atoms. The second-order valence-electron chi connectivity index (χ2n) is 7.01. The van der Waals surface area contributed by atoms with E-state index in [1.54, 1.807) is 0 Å². The van der Waals surface area contributed by atoms with Crippen molar-refractivity contribution in [2.75, 3.05) is 19.6 Å². The molecule has 0 aromatic rings. The Morgan fingerprint density at radius 1 is 1.19 bits per heavy atom. The summed E-state index contributed by atoms with van der Waals surface area (Å²) in [5.74, 6) is 0. The van der Waals surface area contributed by atoms with E-state index in [-0.39, 0.29) is 0 Å². The minimum atomic E-state index is 0.320. The molecule has 1 heterocycles. The van der Waals surface area contributed by atoms with Crippen LogP contribution in [0.2, 0.25) is 0 Å². The van der Waals surface area contributed by atoms with Gasteiger partial charge in [-0.25, -0.2) is 0 Å². The molecule has 1 N–H and O–H groups in total. The maximum atomic E-state index is 3.51. The third-order valence-electron chi connectivity index (χ3n) is 3.56. The molecule has 0 amide bonds. The molecule has 0 aromatic carbocycles. The van der Waals surface area contributed by atoms with Crippen molar-refractivity contribution in [3.63, 3.8) is 0 Å². The van der Waals surface area contributed by atoms with E-state index in [9.17, 15) is 0 Å². The molecule has 0 aromatic heterocycles. The fourth-order valence-corrected chi connectivity index (χ4v) is 3.32. The van der Waals surface area contributed by atoms with Crippen molar-refractivity contribution in [3.05, 3.63) is 0 Å². The van der Waals surface area contributed by atoms with Gasteiger partial charge in [0, 0.05) is 31.2 Å². The summed E-state index contributed by atoms with van der Waals surface area (Å²) >= 11 is 0. The van der Waals surface area contributed by atoms with Crippen LogP contribution in [0.25, 0.3) is 0 Å². The van der Waals surface area contributed by atoms with Crippen LogP contribution in [0.1, 0.15) is 54.4 Å². The van der Waals surface area contributed by atoms with Crippen LogP contribution < -0.4 is 5.32 Å². The van der Waals surface area contributed by atoms with Crippen LogP contribution in [0.5, 0.6) is 0 Å². The fraction of sp³-hybridized carbons (Fsp3) is 1.00. The largest absolute Gasteiger partial charge is 0.314 e. The van der Waals surface area contributed by atoms with E-state index < -0.39 is 0 Å². The molecule has 16 heavy (non-hydrogen) atoms. The molecule has 2 nitrogen and oxygen atoms in total. The minimum absolute atomic E-state index is 0.320. The van der Waals surface area contributed by atoms with Gasteiger partial charge in [-0.15, -0.1) is 0 Å². The molecule has 1 aliphatic rings. The van der Waals surface area contributed by atoms with E-state index >= 15 is 0 Å². The van der Waals surface area contributed by atoms with Crippen LogP contribution in [-0.4, -0.2) is 36.1 Å². The average Bonchev–Trinajstić information content (AvgIpc) is 2.14. The van der Waals surface area contributed by atoms with Crippen LogP contribution >= 0.6 is 0 Å². The zero-order valence-corrected chi connectivity index (χ0v) is 12.1. The second kappa shape index (κ2) is 5.05. The first-order valence-electron chi connectivity index (χ1n) is 6.74. The van der Waals surface area contributed by atoms with Crippen LogP contribution in [0.15, 0.2) is 0 Å². The second-order valence-corrected chi connectivity index (χ2v) is 7.01. The molecule has 0 radical (unpaired) electrons. The summed E-state index contributed by atoms with van der Waals surface area (Å²) in [6.45, 7) is 17.7. The summed E-state index contributed by atoms with van der Waals surface area (Å²) in [6.07, 6.45) is 2.51. The molecule has 2 heteroatoms. The van der Waals surface area contributed by atoms with Crippen molar-refractivity contribution in [2.24, 2.45) is 5.41 Å². The molecule has 1 atom stereocenters. The van der Waals surface area contributed by atoms with Crippen molar-refractivity contribution in [2.45, 2.75) is 66.0 Å². The van der Waals surface area contributed by atoms with Gasteiger partial charge < -0.3 is 5.32 Å². The van der Waals surface area contributed by atoms with Crippen LogP contribution in [0.3, 0.4) is 0 Å². The molecule has 1 unspecified atom stereocenters. The van der Waals surface area contributed by atoms with E-state index in [2.05, 4.69) is 51.8 Å². The number of hydrogen-bond donors (Lipinski definition) is 1. The topological polar surface area (TPSA) is 15.3 Å². The highest BCUT2D eigenvalue weighted by atomic mass is 15.3. The molecule has 0 spiro atoms. The maximum Gasteiger partial charge on any atom is 0.0223 e. The lowest BCUT2D eigenvalue weighted by molar-refractivity contribution is 0.0203. The van der Waals surface area contributed by atoms with Gasteiger partial charge in [0.25, 0.3) is 0 Å². The maximum absolute atomic E-state index is 3.51. The quantitative estimate of drug-likeness (QED) is 0.796. The standard InChI is InChI=1S/C14H30N2/c1-7-12-10-15-8-9-16(12)14(5,6)11-13(2,3)4/h12,15H,7-11H2,1-6H3. The molecule has 0 saturated carbocycles. The Balaban J connectivity index is 2.71. The molecular weight excluding hydrogens is 196 g/mol. The van der Waals surface area contributed by atoms with Gasteiger partial charge in [-0.05, 0) is 32.1 Å². The summed E-state index contributed by atoms with van der Waals surface area (Å²) in [5.41, 5.74) is 0.730. The Morgan fingerprint density at radius 2 is 1.81 bits per heavy atom. The Hall–Kier alpha value is -0.0800. The normalized spacial score (nSPS) is 24.8. The smallest absolute Gasteiger partial charge is 0.0223 e. The summed E-state index contributed by atoms with van der Waals surface area (Å²) < 4.78 is 0. The Labute approximate surface area is 102 Å². The third-order valence-corrected chi connectivity index (χ3v) is 3.56. The van der Waals surface area contributed by atoms with Crippen molar-refractivity contribution in [1.29, 1.82) is 0 Å². The average molecular weight is 226 g/mol. The highest BCUT2D eigenvalue weighted by Gasteiger charge is 2.36. The van der Waals surface area contributed by atoms with Crippen molar-refractivity contribution in [3.8, 4) is 0 Å². The van der Waals surface area contributed by atoms with Gasteiger partial charge in [0.2, 0.25) is 0 Å². The zero-order valence-electron chi connectivity index (χ0n) is 12.1. The predicted octanol–water partition coefficient (Wildman–Crippen LogP) is 2.89. The molecule has 0 aliphatic carbocycles. The fourth-order valence-electron chi connectivity index (χ4n) is 3.32. The highest BCUT2D eigenvalue weighted by molar-refractivity contribution is 4.92. The summed E-state index contributed by atoms with van der Waals surface area (Å²) in [7, 11) is 0. The van der Waals surface area contributed by atoms with E-state index in [1.165, 1.54) is 19.4 Å². The minimum Gasteiger partial charge on any atom is -0.314 e. The molecule has 1 aliphatic heterocycles. The lowest BCUT2D eigenvalue weighted by Gasteiger charge is -2.48. The molecule has 96 valence electrons. The highest BCUT2D eigenvalue weighted by Crippen LogP contribution is 2.33. The number of piperazine rings is 1. The van der Waals surface area contributed by atoms with E-state index in [4.69, 9.17) is 0 Å². The number of nitrogens with zero attached hydrogens (tertiary/aromatic N) is 1.